The molecule has 1 aromatic carbocycles. The average Bonchev–Trinajstić information content (AvgIpc) is 2.59. The van der Waals surface area contributed by atoms with E-state index in [0.29, 0.717) is 16.7 Å². The molecule has 0 aliphatic rings. The van der Waals surface area contributed by atoms with Crippen LogP contribution in [0.1, 0.15) is 10.5 Å². The van der Waals surface area contributed by atoms with Gasteiger partial charge in [-0.3, -0.25) is 0 Å². The van der Waals surface area contributed by atoms with E-state index in [-0.39, 0.29) is 18.1 Å². The van der Waals surface area contributed by atoms with Crippen molar-refractivity contribution in [1.29, 1.82) is 0 Å². The zero-order valence-corrected chi connectivity index (χ0v) is 12.9. The fourth-order valence-electron chi connectivity index (χ4n) is 2.00. The minimum atomic E-state index is -0.488. The summed E-state index contributed by atoms with van der Waals surface area (Å²) in [5.74, 6) is -0.208. The fraction of sp³-hybridized carbons (Fsp3) is 0.118. The van der Waals surface area contributed by atoms with E-state index in [0.717, 1.165) is 5.03 Å². The second kappa shape index (κ2) is 7.19. The summed E-state index contributed by atoms with van der Waals surface area (Å²) >= 11 is 1.51. The third-order valence-electron chi connectivity index (χ3n) is 3.06. The van der Waals surface area contributed by atoms with Crippen LogP contribution in [0.5, 0.6) is 0 Å². The molecule has 0 spiro atoms. The SMILES string of the molecule is O=C(OCCSc1ccccn1)c1ccc2cc(F)ccc2n1. The van der Waals surface area contributed by atoms with Crippen LogP contribution in [0.2, 0.25) is 0 Å². The van der Waals surface area contributed by atoms with Crippen molar-refractivity contribution in [2.24, 2.45) is 0 Å². The predicted molar refractivity (Wildman–Crippen MR) is 86.9 cm³/mol. The first-order valence-corrected chi connectivity index (χ1v) is 7.98. The van der Waals surface area contributed by atoms with Crippen molar-refractivity contribution in [3.63, 3.8) is 0 Å². The van der Waals surface area contributed by atoms with E-state index in [4.69, 9.17) is 4.74 Å². The highest BCUT2D eigenvalue weighted by Crippen LogP contribution is 2.16. The summed E-state index contributed by atoms with van der Waals surface area (Å²) in [5, 5.41) is 1.53. The maximum atomic E-state index is 13.1. The van der Waals surface area contributed by atoms with Crippen molar-refractivity contribution in [1.82, 2.24) is 9.97 Å². The first-order chi connectivity index (χ1) is 11.2. The van der Waals surface area contributed by atoms with E-state index in [1.165, 1.54) is 30.0 Å². The summed E-state index contributed by atoms with van der Waals surface area (Å²) in [5.41, 5.74) is 0.774. The molecule has 0 amide bonds. The topological polar surface area (TPSA) is 52.1 Å². The normalized spacial score (nSPS) is 10.7. The van der Waals surface area contributed by atoms with Crippen molar-refractivity contribution in [3.05, 3.63) is 66.2 Å². The van der Waals surface area contributed by atoms with Crippen LogP contribution in [0.4, 0.5) is 4.39 Å². The molecule has 0 unspecified atom stereocenters. The Morgan fingerprint density at radius 2 is 2.09 bits per heavy atom. The van der Waals surface area contributed by atoms with Crippen LogP contribution in [0.25, 0.3) is 10.9 Å². The van der Waals surface area contributed by atoms with Gasteiger partial charge in [-0.1, -0.05) is 12.1 Å². The highest BCUT2D eigenvalue weighted by molar-refractivity contribution is 7.99. The molecule has 23 heavy (non-hydrogen) atoms. The third-order valence-corrected chi connectivity index (χ3v) is 3.97. The van der Waals surface area contributed by atoms with Crippen LogP contribution in [-0.2, 0) is 4.74 Å². The number of esters is 1. The summed E-state index contributed by atoms with van der Waals surface area (Å²) < 4.78 is 18.3. The van der Waals surface area contributed by atoms with Gasteiger partial charge in [0.2, 0.25) is 0 Å². The standard InChI is InChI=1S/C17H13FN2O2S/c18-13-5-7-14-12(11-13)4-6-15(20-14)17(21)22-9-10-23-16-3-1-2-8-19-16/h1-8,11H,9-10H2. The fourth-order valence-corrected chi connectivity index (χ4v) is 2.68. The lowest BCUT2D eigenvalue weighted by Crippen LogP contribution is -2.09. The Morgan fingerprint density at radius 3 is 2.91 bits per heavy atom. The summed E-state index contributed by atoms with van der Waals surface area (Å²) in [6, 6.07) is 13.1. The summed E-state index contributed by atoms with van der Waals surface area (Å²) in [6.45, 7) is 0.267. The van der Waals surface area contributed by atoms with Gasteiger partial charge in [0.05, 0.1) is 10.5 Å². The molecule has 4 nitrogen and oxygen atoms in total. The molecule has 0 aliphatic carbocycles. The van der Waals surface area contributed by atoms with Gasteiger partial charge in [-0.25, -0.2) is 19.2 Å². The molecule has 0 bridgehead atoms. The van der Waals surface area contributed by atoms with Crippen molar-refractivity contribution in [3.8, 4) is 0 Å². The maximum absolute atomic E-state index is 13.1. The highest BCUT2D eigenvalue weighted by Gasteiger charge is 2.10. The Kier molecular flexibility index (Phi) is 4.83. The van der Waals surface area contributed by atoms with E-state index in [9.17, 15) is 9.18 Å². The molecule has 0 saturated carbocycles. The predicted octanol–water partition coefficient (Wildman–Crippen LogP) is 3.72. The van der Waals surface area contributed by atoms with E-state index < -0.39 is 5.97 Å². The number of benzene rings is 1. The maximum Gasteiger partial charge on any atom is 0.356 e. The number of thioether (sulfide) groups is 1. The quantitative estimate of drug-likeness (QED) is 0.406. The van der Waals surface area contributed by atoms with Gasteiger partial charge >= 0.3 is 5.97 Å². The highest BCUT2D eigenvalue weighted by atomic mass is 32.2. The minimum Gasteiger partial charge on any atom is -0.460 e. The van der Waals surface area contributed by atoms with Crippen LogP contribution < -0.4 is 0 Å². The van der Waals surface area contributed by atoms with Crippen LogP contribution in [-0.4, -0.2) is 28.3 Å². The Morgan fingerprint density at radius 1 is 1.17 bits per heavy atom. The number of carbonyl (C=O) groups is 1. The Balaban J connectivity index is 1.57. The number of ether oxygens (including phenoxy) is 1. The number of hydrogen-bond donors (Lipinski definition) is 0. The molecule has 3 aromatic rings. The van der Waals surface area contributed by atoms with Crippen LogP contribution in [0.3, 0.4) is 0 Å². The molecule has 0 fully saturated rings. The molecule has 0 radical (unpaired) electrons. The second-order valence-electron chi connectivity index (χ2n) is 4.69. The van der Waals surface area contributed by atoms with Crippen LogP contribution in [0, 0.1) is 5.82 Å². The van der Waals surface area contributed by atoms with Gasteiger partial charge in [-0.05, 0) is 36.4 Å². The van der Waals surface area contributed by atoms with Crippen molar-refractivity contribution >= 4 is 28.6 Å². The summed E-state index contributed by atoms with van der Waals surface area (Å²) in [6.07, 6.45) is 1.72. The summed E-state index contributed by atoms with van der Waals surface area (Å²) in [4.78, 5) is 20.4. The zero-order valence-electron chi connectivity index (χ0n) is 12.1. The number of aromatic nitrogens is 2. The van der Waals surface area contributed by atoms with E-state index in [1.807, 2.05) is 18.2 Å². The molecule has 0 N–H and O–H groups in total. The molecule has 116 valence electrons. The minimum absolute atomic E-state index is 0.215. The Labute approximate surface area is 136 Å². The molecular weight excluding hydrogens is 315 g/mol. The van der Waals surface area contributed by atoms with Gasteiger partial charge in [0.15, 0.2) is 0 Å². The lowest BCUT2D eigenvalue weighted by atomic mass is 10.2. The number of pyridine rings is 2. The zero-order chi connectivity index (χ0) is 16.1. The molecule has 0 saturated heterocycles. The molecule has 0 atom stereocenters. The Hall–Kier alpha value is -2.47. The number of hydrogen-bond acceptors (Lipinski definition) is 5. The van der Waals surface area contributed by atoms with E-state index >= 15 is 0 Å². The lowest BCUT2D eigenvalue weighted by Gasteiger charge is -2.05. The number of nitrogens with zero attached hydrogens (tertiary/aromatic N) is 2. The number of fused-ring (bicyclic) bond motifs is 1. The largest absolute Gasteiger partial charge is 0.460 e. The Bertz CT molecular complexity index is 827. The van der Waals surface area contributed by atoms with Gasteiger partial charge in [-0.15, -0.1) is 11.8 Å². The molecule has 2 heterocycles. The number of carbonyl (C=O) groups excluding carboxylic acids is 1. The van der Waals surface area contributed by atoms with Crippen molar-refractivity contribution in [2.45, 2.75) is 5.03 Å². The number of rotatable bonds is 5. The first kappa shape index (κ1) is 15.4. The van der Waals surface area contributed by atoms with E-state index in [2.05, 4.69) is 9.97 Å². The molecule has 3 rings (SSSR count). The first-order valence-electron chi connectivity index (χ1n) is 7.00. The van der Waals surface area contributed by atoms with Crippen molar-refractivity contribution < 1.29 is 13.9 Å². The molecule has 2 aromatic heterocycles. The van der Waals surface area contributed by atoms with E-state index in [1.54, 1.807) is 18.3 Å². The van der Waals surface area contributed by atoms with Gasteiger partial charge in [0, 0.05) is 17.3 Å². The molecular formula is C17H13FN2O2S. The monoisotopic (exact) mass is 328 g/mol. The molecule has 0 aliphatic heterocycles. The van der Waals surface area contributed by atoms with Gasteiger partial charge < -0.3 is 4.74 Å². The number of halogens is 1. The average molecular weight is 328 g/mol. The van der Waals surface area contributed by atoms with Crippen LogP contribution >= 0.6 is 11.8 Å². The second-order valence-corrected chi connectivity index (χ2v) is 5.80. The van der Waals surface area contributed by atoms with Gasteiger partial charge in [0.25, 0.3) is 0 Å². The van der Waals surface area contributed by atoms with Gasteiger partial charge in [-0.2, -0.15) is 0 Å². The van der Waals surface area contributed by atoms with Gasteiger partial charge in [0.1, 0.15) is 18.1 Å². The van der Waals surface area contributed by atoms with Crippen molar-refractivity contribution in [2.75, 3.05) is 12.4 Å². The summed E-state index contributed by atoms with van der Waals surface area (Å²) in [7, 11) is 0. The lowest BCUT2D eigenvalue weighted by molar-refractivity contribution is 0.0524. The third kappa shape index (κ3) is 4.04. The smallest absolute Gasteiger partial charge is 0.356 e. The molecule has 6 heteroatoms. The van der Waals surface area contributed by atoms with Crippen LogP contribution in [0.15, 0.2) is 59.8 Å².